The van der Waals surface area contributed by atoms with Gasteiger partial charge in [-0.2, -0.15) is 9.40 Å². The summed E-state index contributed by atoms with van der Waals surface area (Å²) < 4.78 is 32.2. The average molecular weight is 420 g/mol. The quantitative estimate of drug-likeness (QED) is 0.674. The third kappa shape index (κ3) is 3.45. The van der Waals surface area contributed by atoms with Crippen LogP contribution >= 0.6 is 12.2 Å². The first kappa shape index (κ1) is 18.5. The van der Waals surface area contributed by atoms with E-state index in [1.807, 2.05) is 10.7 Å². The molecule has 2 aromatic rings. The van der Waals surface area contributed by atoms with Crippen LogP contribution in [-0.4, -0.2) is 58.1 Å². The monoisotopic (exact) mass is 419 g/mol. The van der Waals surface area contributed by atoms with Crippen molar-refractivity contribution in [1.29, 1.82) is 0 Å². The standard InChI is InChI=1S/C19H25N5O2S2/c25-28(26,17-4-2-1-3-5-17)22-12-10-21(11-13-22)14-23-19(27)24(16-8-9-16)18(20-23)15-6-7-15/h1-5,15-16H,6-14H2. The average Bonchev–Trinajstić information content (AvgIpc) is 3.62. The van der Waals surface area contributed by atoms with E-state index in [0.717, 1.165) is 10.6 Å². The maximum atomic E-state index is 12.8. The second-order valence-corrected chi connectivity index (χ2v) is 10.3. The summed E-state index contributed by atoms with van der Waals surface area (Å²) in [5.41, 5.74) is 0. The molecule has 5 rings (SSSR count). The SMILES string of the molecule is O=S(=O)(c1ccccc1)N1CCN(Cn2nc(C3CC3)n(C3CC3)c2=S)CC1. The molecule has 1 aliphatic heterocycles. The van der Waals surface area contributed by atoms with Crippen LogP contribution in [-0.2, 0) is 16.7 Å². The van der Waals surface area contributed by atoms with Gasteiger partial charge >= 0.3 is 0 Å². The third-order valence-corrected chi connectivity index (χ3v) is 8.12. The van der Waals surface area contributed by atoms with E-state index in [2.05, 4.69) is 9.47 Å². The highest BCUT2D eigenvalue weighted by Gasteiger charge is 2.36. The smallest absolute Gasteiger partial charge is 0.243 e. The number of piperazine rings is 1. The molecule has 0 unspecified atom stereocenters. The Kier molecular flexibility index (Phi) is 4.65. The number of rotatable bonds is 6. The van der Waals surface area contributed by atoms with Crippen LogP contribution in [0.1, 0.15) is 43.5 Å². The second-order valence-electron chi connectivity index (χ2n) is 7.99. The first-order valence-electron chi connectivity index (χ1n) is 10.0. The fourth-order valence-electron chi connectivity index (χ4n) is 3.87. The zero-order valence-electron chi connectivity index (χ0n) is 15.8. The molecule has 0 atom stereocenters. The molecule has 1 aromatic heterocycles. The second kappa shape index (κ2) is 7.05. The van der Waals surface area contributed by atoms with E-state index in [9.17, 15) is 8.42 Å². The Labute approximate surface area is 170 Å². The van der Waals surface area contributed by atoms with E-state index in [-0.39, 0.29) is 0 Å². The van der Waals surface area contributed by atoms with Crippen molar-refractivity contribution in [1.82, 2.24) is 23.6 Å². The summed E-state index contributed by atoms with van der Waals surface area (Å²) in [7, 11) is -3.42. The molecule has 9 heteroatoms. The topological polar surface area (TPSA) is 63.4 Å². The summed E-state index contributed by atoms with van der Waals surface area (Å²) in [4.78, 5) is 2.61. The van der Waals surface area contributed by atoms with E-state index in [0.29, 0.717) is 49.7 Å². The first-order valence-corrected chi connectivity index (χ1v) is 11.9. The molecule has 2 aliphatic carbocycles. The lowest BCUT2D eigenvalue weighted by Crippen LogP contribution is -2.48. The summed E-state index contributed by atoms with van der Waals surface area (Å²) in [6, 6.07) is 9.22. The molecular formula is C19H25N5O2S2. The van der Waals surface area contributed by atoms with Gasteiger partial charge in [0.25, 0.3) is 0 Å². The van der Waals surface area contributed by atoms with Gasteiger partial charge in [-0.15, -0.1) is 0 Å². The van der Waals surface area contributed by atoms with Gasteiger partial charge in [-0.05, 0) is 50.0 Å². The van der Waals surface area contributed by atoms with Crippen molar-refractivity contribution in [2.75, 3.05) is 26.2 Å². The molecule has 0 N–H and O–H groups in total. The fraction of sp³-hybridized carbons (Fsp3) is 0.579. The van der Waals surface area contributed by atoms with Crippen LogP contribution in [0.4, 0.5) is 0 Å². The van der Waals surface area contributed by atoms with Crippen LogP contribution in [0, 0.1) is 4.77 Å². The molecule has 0 bridgehead atoms. The van der Waals surface area contributed by atoms with Crippen molar-refractivity contribution < 1.29 is 8.42 Å². The lowest BCUT2D eigenvalue weighted by Gasteiger charge is -2.33. The lowest BCUT2D eigenvalue weighted by molar-refractivity contribution is 0.144. The molecule has 1 aromatic carbocycles. The maximum Gasteiger partial charge on any atom is 0.243 e. The Balaban J connectivity index is 1.27. The van der Waals surface area contributed by atoms with E-state index in [1.165, 1.54) is 25.7 Å². The van der Waals surface area contributed by atoms with Gasteiger partial charge in [-0.1, -0.05) is 18.2 Å². The number of sulfonamides is 1. The summed E-state index contributed by atoms with van der Waals surface area (Å²) in [5, 5.41) is 4.84. The normalized spacial score (nSPS) is 21.9. The Bertz CT molecular complexity index is 1010. The molecule has 3 aliphatic rings. The largest absolute Gasteiger partial charge is 0.301 e. The van der Waals surface area contributed by atoms with E-state index in [1.54, 1.807) is 28.6 Å². The minimum absolute atomic E-state index is 0.364. The molecule has 3 fully saturated rings. The van der Waals surface area contributed by atoms with Gasteiger partial charge < -0.3 is 4.57 Å². The van der Waals surface area contributed by atoms with Crippen molar-refractivity contribution in [2.24, 2.45) is 0 Å². The van der Waals surface area contributed by atoms with Crippen molar-refractivity contribution in [2.45, 2.75) is 49.2 Å². The van der Waals surface area contributed by atoms with Crippen molar-refractivity contribution in [3.8, 4) is 0 Å². The summed E-state index contributed by atoms with van der Waals surface area (Å²) in [5.74, 6) is 1.74. The van der Waals surface area contributed by atoms with E-state index in [4.69, 9.17) is 17.3 Å². The zero-order chi connectivity index (χ0) is 19.3. The Morgan fingerprint density at radius 3 is 2.29 bits per heavy atom. The van der Waals surface area contributed by atoms with Crippen LogP contribution in [0.15, 0.2) is 35.2 Å². The molecule has 2 heterocycles. The van der Waals surface area contributed by atoms with Gasteiger partial charge in [-0.25, -0.2) is 13.1 Å². The highest BCUT2D eigenvalue weighted by molar-refractivity contribution is 7.89. The van der Waals surface area contributed by atoms with E-state index < -0.39 is 10.0 Å². The minimum atomic E-state index is -3.42. The fourth-order valence-corrected chi connectivity index (χ4v) is 5.65. The molecule has 7 nitrogen and oxygen atoms in total. The molecule has 150 valence electrons. The van der Waals surface area contributed by atoms with Crippen LogP contribution in [0.25, 0.3) is 0 Å². The van der Waals surface area contributed by atoms with Crippen molar-refractivity contribution in [3.05, 3.63) is 40.9 Å². The predicted molar refractivity (Wildman–Crippen MR) is 108 cm³/mol. The number of aromatic nitrogens is 3. The Morgan fingerprint density at radius 2 is 1.68 bits per heavy atom. The first-order chi connectivity index (χ1) is 13.5. The summed E-state index contributed by atoms with van der Waals surface area (Å²) >= 11 is 5.72. The molecule has 2 saturated carbocycles. The Morgan fingerprint density at radius 1 is 1.00 bits per heavy atom. The van der Waals surface area contributed by atoms with Gasteiger partial charge in [0, 0.05) is 38.1 Å². The van der Waals surface area contributed by atoms with Crippen LogP contribution in [0.5, 0.6) is 0 Å². The van der Waals surface area contributed by atoms with Gasteiger partial charge in [-0.3, -0.25) is 4.90 Å². The highest BCUT2D eigenvalue weighted by atomic mass is 32.2. The van der Waals surface area contributed by atoms with Gasteiger partial charge in [0.1, 0.15) is 5.82 Å². The molecule has 0 amide bonds. The number of hydrogen-bond acceptors (Lipinski definition) is 5. The molecule has 0 radical (unpaired) electrons. The van der Waals surface area contributed by atoms with Crippen molar-refractivity contribution >= 4 is 22.2 Å². The van der Waals surface area contributed by atoms with Crippen LogP contribution < -0.4 is 0 Å². The molecule has 0 spiro atoms. The Hall–Kier alpha value is -1.55. The lowest BCUT2D eigenvalue weighted by atomic mass is 10.4. The number of hydrogen-bond donors (Lipinski definition) is 0. The van der Waals surface area contributed by atoms with Gasteiger partial charge in [0.2, 0.25) is 10.0 Å². The molecular weight excluding hydrogens is 394 g/mol. The maximum absolute atomic E-state index is 12.8. The molecule has 1 saturated heterocycles. The van der Waals surface area contributed by atoms with Crippen LogP contribution in [0.3, 0.4) is 0 Å². The van der Waals surface area contributed by atoms with E-state index >= 15 is 0 Å². The zero-order valence-corrected chi connectivity index (χ0v) is 17.4. The summed E-state index contributed by atoms with van der Waals surface area (Å²) in [6.07, 6.45) is 4.84. The van der Waals surface area contributed by atoms with Gasteiger partial charge in [0.15, 0.2) is 4.77 Å². The highest BCUT2D eigenvalue weighted by Crippen LogP contribution is 2.44. The van der Waals surface area contributed by atoms with Gasteiger partial charge in [0.05, 0.1) is 11.6 Å². The van der Waals surface area contributed by atoms with Crippen molar-refractivity contribution in [3.63, 3.8) is 0 Å². The third-order valence-electron chi connectivity index (χ3n) is 5.80. The van der Waals surface area contributed by atoms with Crippen LogP contribution in [0.2, 0.25) is 0 Å². The minimum Gasteiger partial charge on any atom is -0.301 e. The summed E-state index contributed by atoms with van der Waals surface area (Å²) in [6.45, 7) is 2.98. The molecule has 28 heavy (non-hydrogen) atoms. The number of nitrogens with zero attached hydrogens (tertiary/aromatic N) is 5. The number of benzene rings is 1. The predicted octanol–water partition coefficient (Wildman–Crippen LogP) is 2.59.